The first kappa shape index (κ1) is 18.9. The molecule has 0 atom stereocenters. The molecule has 6 nitrogen and oxygen atoms in total. The van der Waals surface area contributed by atoms with E-state index in [1.807, 2.05) is 55.5 Å². The van der Waals surface area contributed by atoms with E-state index in [2.05, 4.69) is 10.3 Å². The Labute approximate surface area is 169 Å². The number of oxazole rings is 1. The number of nitrogens with zero attached hydrogens (tertiary/aromatic N) is 2. The molecule has 2 aromatic carbocycles. The highest BCUT2D eigenvalue weighted by molar-refractivity contribution is 5.97. The van der Waals surface area contributed by atoms with E-state index in [4.69, 9.17) is 4.42 Å². The van der Waals surface area contributed by atoms with E-state index in [-0.39, 0.29) is 18.2 Å². The highest BCUT2D eigenvalue weighted by atomic mass is 16.4. The Kier molecular flexibility index (Phi) is 5.42. The van der Waals surface area contributed by atoms with E-state index in [1.165, 1.54) is 5.56 Å². The molecule has 2 heterocycles. The zero-order valence-corrected chi connectivity index (χ0v) is 16.4. The maximum atomic E-state index is 12.3. The lowest BCUT2D eigenvalue weighted by Crippen LogP contribution is -2.23. The lowest BCUT2D eigenvalue weighted by Gasteiger charge is -2.16. The van der Waals surface area contributed by atoms with Crippen molar-refractivity contribution in [1.29, 1.82) is 0 Å². The number of hydrogen-bond acceptors (Lipinski definition) is 4. The lowest BCUT2D eigenvalue weighted by atomic mass is 10.1. The van der Waals surface area contributed by atoms with Gasteiger partial charge in [-0.2, -0.15) is 0 Å². The van der Waals surface area contributed by atoms with Gasteiger partial charge in [-0.05, 0) is 31.5 Å². The molecule has 1 fully saturated rings. The summed E-state index contributed by atoms with van der Waals surface area (Å²) < 4.78 is 5.77. The van der Waals surface area contributed by atoms with Crippen LogP contribution in [0.2, 0.25) is 0 Å². The number of aryl methyl sites for hydroxylation is 2. The van der Waals surface area contributed by atoms with Crippen LogP contribution in [-0.4, -0.2) is 23.3 Å². The van der Waals surface area contributed by atoms with Gasteiger partial charge >= 0.3 is 0 Å². The van der Waals surface area contributed by atoms with Gasteiger partial charge in [0.15, 0.2) is 11.7 Å². The molecule has 1 aliphatic rings. The Morgan fingerprint density at radius 2 is 2.03 bits per heavy atom. The molecule has 2 amide bonds. The van der Waals surface area contributed by atoms with Crippen molar-refractivity contribution < 1.29 is 14.0 Å². The molecule has 0 aliphatic carbocycles. The van der Waals surface area contributed by atoms with Crippen LogP contribution in [0.4, 0.5) is 11.4 Å². The summed E-state index contributed by atoms with van der Waals surface area (Å²) in [6.07, 6.45) is 3.82. The highest BCUT2D eigenvalue weighted by Gasteiger charge is 2.21. The zero-order valence-electron chi connectivity index (χ0n) is 16.4. The fraction of sp³-hybridized carbons (Fsp3) is 0.261. The average molecular weight is 389 g/mol. The van der Waals surface area contributed by atoms with Gasteiger partial charge in [0.2, 0.25) is 11.8 Å². The van der Waals surface area contributed by atoms with Gasteiger partial charge in [0.25, 0.3) is 0 Å². The number of rotatable bonds is 6. The lowest BCUT2D eigenvalue weighted by molar-refractivity contribution is -0.117. The van der Waals surface area contributed by atoms with Crippen molar-refractivity contribution in [2.75, 3.05) is 16.8 Å². The molecule has 148 valence electrons. The van der Waals surface area contributed by atoms with Crippen molar-refractivity contribution in [1.82, 2.24) is 4.98 Å². The van der Waals surface area contributed by atoms with Gasteiger partial charge in [-0.3, -0.25) is 9.59 Å². The molecule has 29 heavy (non-hydrogen) atoms. The SMILES string of the molecule is Cc1ccc(-c2cnc(CCC(=O)Nc3cccc(N4CCCC4=O)c3)o2)cc1. The number of aromatic nitrogens is 1. The second kappa shape index (κ2) is 8.31. The first-order chi connectivity index (χ1) is 14.1. The van der Waals surface area contributed by atoms with Crippen LogP contribution >= 0.6 is 0 Å². The molecule has 0 bridgehead atoms. The Bertz CT molecular complexity index is 1020. The van der Waals surface area contributed by atoms with Crippen LogP contribution in [0.5, 0.6) is 0 Å². The third-order valence-electron chi connectivity index (χ3n) is 4.97. The van der Waals surface area contributed by atoms with Gasteiger partial charge in [0, 0.05) is 42.7 Å². The predicted molar refractivity (Wildman–Crippen MR) is 112 cm³/mol. The molecule has 0 saturated carbocycles. The summed E-state index contributed by atoms with van der Waals surface area (Å²) in [6.45, 7) is 2.76. The number of anilines is 2. The molecule has 6 heteroatoms. The quantitative estimate of drug-likeness (QED) is 0.680. The Morgan fingerprint density at radius 3 is 2.79 bits per heavy atom. The molecule has 1 saturated heterocycles. The minimum Gasteiger partial charge on any atom is -0.441 e. The number of benzene rings is 2. The van der Waals surface area contributed by atoms with Crippen LogP contribution in [0.25, 0.3) is 11.3 Å². The second-order valence-electron chi connectivity index (χ2n) is 7.23. The van der Waals surface area contributed by atoms with E-state index in [9.17, 15) is 9.59 Å². The minimum absolute atomic E-state index is 0.120. The Morgan fingerprint density at radius 1 is 1.21 bits per heavy atom. The van der Waals surface area contributed by atoms with Gasteiger partial charge in [0.1, 0.15) is 0 Å². The molecule has 1 aromatic heterocycles. The standard InChI is InChI=1S/C23H23N3O3/c1-16-7-9-17(10-8-16)20-15-24-22(29-20)12-11-21(27)25-18-4-2-5-19(14-18)26-13-3-6-23(26)28/h2,4-5,7-10,14-15H,3,6,11-13H2,1H3,(H,25,27). The molecular weight excluding hydrogens is 366 g/mol. The molecule has 3 aromatic rings. The summed E-state index contributed by atoms with van der Waals surface area (Å²) in [6, 6.07) is 15.4. The van der Waals surface area contributed by atoms with Crippen molar-refractivity contribution in [2.24, 2.45) is 0 Å². The van der Waals surface area contributed by atoms with E-state index in [0.29, 0.717) is 30.2 Å². The fourth-order valence-corrected chi connectivity index (χ4v) is 3.39. The van der Waals surface area contributed by atoms with Crippen LogP contribution in [0, 0.1) is 6.92 Å². The molecule has 1 aliphatic heterocycles. The molecule has 1 N–H and O–H groups in total. The number of nitrogens with one attached hydrogen (secondary N) is 1. The molecular formula is C23H23N3O3. The average Bonchev–Trinajstić information content (AvgIpc) is 3.36. The van der Waals surface area contributed by atoms with Crippen molar-refractivity contribution >= 4 is 23.2 Å². The monoisotopic (exact) mass is 389 g/mol. The highest BCUT2D eigenvalue weighted by Crippen LogP contribution is 2.25. The summed E-state index contributed by atoms with van der Waals surface area (Å²) >= 11 is 0. The van der Waals surface area contributed by atoms with Gasteiger partial charge in [-0.15, -0.1) is 0 Å². The fourth-order valence-electron chi connectivity index (χ4n) is 3.39. The summed E-state index contributed by atoms with van der Waals surface area (Å²) in [7, 11) is 0. The van der Waals surface area contributed by atoms with Crippen molar-refractivity contribution in [3.63, 3.8) is 0 Å². The van der Waals surface area contributed by atoms with Crippen LogP contribution in [-0.2, 0) is 16.0 Å². The van der Waals surface area contributed by atoms with Crippen molar-refractivity contribution in [3.05, 3.63) is 66.2 Å². The Hall–Kier alpha value is -3.41. The van der Waals surface area contributed by atoms with Crippen molar-refractivity contribution in [2.45, 2.75) is 32.6 Å². The van der Waals surface area contributed by atoms with E-state index in [0.717, 1.165) is 24.2 Å². The second-order valence-corrected chi connectivity index (χ2v) is 7.23. The van der Waals surface area contributed by atoms with Gasteiger partial charge < -0.3 is 14.6 Å². The first-order valence-electron chi connectivity index (χ1n) is 9.80. The number of carbonyl (C=O) groups is 2. The summed E-state index contributed by atoms with van der Waals surface area (Å²) in [4.78, 5) is 30.3. The smallest absolute Gasteiger partial charge is 0.227 e. The summed E-state index contributed by atoms with van der Waals surface area (Å²) in [5.74, 6) is 1.24. The van der Waals surface area contributed by atoms with E-state index < -0.39 is 0 Å². The topological polar surface area (TPSA) is 75.4 Å². The maximum Gasteiger partial charge on any atom is 0.227 e. The summed E-state index contributed by atoms with van der Waals surface area (Å²) in [5.41, 5.74) is 3.65. The first-order valence-corrected chi connectivity index (χ1v) is 9.80. The van der Waals surface area contributed by atoms with Crippen LogP contribution in [0.15, 0.2) is 59.1 Å². The van der Waals surface area contributed by atoms with Gasteiger partial charge in [-0.1, -0.05) is 35.9 Å². The van der Waals surface area contributed by atoms with Crippen LogP contribution < -0.4 is 10.2 Å². The minimum atomic E-state index is -0.120. The Balaban J connectivity index is 1.34. The van der Waals surface area contributed by atoms with Gasteiger partial charge in [0.05, 0.1) is 6.20 Å². The largest absolute Gasteiger partial charge is 0.441 e. The molecule has 0 spiro atoms. The van der Waals surface area contributed by atoms with Gasteiger partial charge in [-0.25, -0.2) is 4.98 Å². The molecule has 4 rings (SSSR count). The third-order valence-corrected chi connectivity index (χ3v) is 4.97. The maximum absolute atomic E-state index is 12.3. The van der Waals surface area contributed by atoms with E-state index >= 15 is 0 Å². The molecule has 0 unspecified atom stereocenters. The third kappa shape index (κ3) is 4.54. The van der Waals surface area contributed by atoms with Crippen LogP contribution in [0.1, 0.15) is 30.7 Å². The zero-order chi connectivity index (χ0) is 20.2. The number of carbonyl (C=O) groups excluding carboxylic acids is 2. The predicted octanol–water partition coefficient (Wildman–Crippen LogP) is 4.35. The number of hydrogen-bond donors (Lipinski definition) is 1. The normalized spacial score (nSPS) is 13.7. The number of amides is 2. The van der Waals surface area contributed by atoms with E-state index in [1.54, 1.807) is 11.1 Å². The van der Waals surface area contributed by atoms with Crippen LogP contribution in [0.3, 0.4) is 0 Å². The summed E-state index contributed by atoms with van der Waals surface area (Å²) in [5, 5.41) is 2.89. The molecule has 0 radical (unpaired) electrons. The van der Waals surface area contributed by atoms with Crippen molar-refractivity contribution in [3.8, 4) is 11.3 Å².